The van der Waals surface area contributed by atoms with Gasteiger partial charge >= 0.3 is 0 Å². The van der Waals surface area contributed by atoms with Crippen LogP contribution in [0.25, 0.3) is 71.6 Å². The topological polar surface area (TPSA) is 8.17 Å². The average Bonchev–Trinajstić information content (AvgIpc) is 3.72. The maximum Gasteiger partial charge on any atom is 0.0541 e. The molecule has 0 bridgehead atoms. The summed E-state index contributed by atoms with van der Waals surface area (Å²) in [5, 5.41) is 4.96. The van der Waals surface area contributed by atoms with E-state index in [1.165, 1.54) is 82.8 Å². The third kappa shape index (κ3) is 5.25. The van der Waals surface area contributed by atoms with Crippen LogP contribution < -0.4 is 4.90 Å². The zero-order valence-electron chi connectivity index (χ0n) is 32.0. The molecule has 1 aliphatic carbocycles. The molecule has 2 nitrogen and oxygen atoms in total. The number of benzene rings is 9. The van der Waals surface area contributed by atoms with Crippen molar-refractivity contribution in [2.45, 2.75) is 19.3 Å². The van der Waals surface area contributed by atoms with E-state index in [9.17, 15) is 0 Å². The molecule has 0 saturated heterocycles. The van der Waals surface area contributed by atoms with Gasteiger partial charge in [0.25, 0.3) is 0 Å². The van der Waals surface area contributed by atoms with Crippen LogP contribution in [0.3, 0.4) is 0 Å². The van der Waals surface area contributed by atoms with E-state index in [4.69, 9.17) is 0 Å². The fraction of sp³-hybridized carbons (Fsp3) is 0.0545. The van der Waals surface area contributed by atoms with Crippen LogP contribution in [0.5, 0.6) is 0 Å². The molecular formula is C55H40N2. The van der Waals surface area contributed by atoms with Gasteiger partial charge in [0.05, 0.1) is 16.7 Å². The number of hydrogen-bond acceptors (Lipinski definition) is 1. The molecule has 0 atom stereocenters. The molecule has 57 heavy (non-hydrogen) atoms. The molecule has 0 aliphatic heterocycles. The number of para-hydroxylation sites is 3. The Kier molecular flexibility index (Phi) is 7.55. The molecule has 0 spiro atoms. The lowest BCUT2D eigenvalue weighted by Crippen LogP contribution is -2.14. The van der Waals surface area contributed by atoms with Gasteiger partial charge in [0.2, 0.25) is 0 Å². The van der Waals surface area contributed by atoms with Crippen molar-refractivity contribution in [3.05, 3.63) is 217 Å². The van der Waals surface area contributed by atoms with Gasteiger partial charge < -0.3 is 9.47 Å². The zero-order chi connectivity index (χ0) is 38.1. The van der Waals surface area contributed by atoms with E-state index >= 15 is 0 Å². The molecule has 0 saturated carbocycles. The maximum absolute atomic E-state index is 2.44. The fourth-order valence-corrected chi connectivity index (χ4v) is 9.43. The van der Waals surface area contributed by atoms with E-state index < -0.39 is 0 Å². The van der Waals surface area contributed by atoms with Crippen LogP contribution in [-0.4, -0.2) is 4.57 Å². The van der Waals surface area contributed by atoms with Crippen LogP contribution in [-0.2, 0) is 5.41 Å². The summed E-state index contributed by atoms with van der Waals surface area (Å²) in [7, 11) is 0. The van der Waals surface area contributed by atoms with Gasteiger partial charge in [-0.1, -0.05) is 159 Å². The van der Waals surface area contributed by atoms with E-state index in [0.29, 0.717) is 0 Å². The van der Waals surface area contributed by atoms with Crippen LogP contribution >= 0.6 is 0 Å². The summed E-state index contributed by atoms with van der Waals surface area (Å²) in [4.78, 5) is 2.44. The van der Waals surface area contributed by atoms with Gasteiger partial charge in [0.15, 0.2) is 0 Å². The Morgan fingerprint density at radius 2 is 1.04 bits per heavy atom. The summed E-state index contributed by atoms with van der Waals surface area (Å²) in [5.74, 6) is 0. The van der Waals surface area contributed by atoms with Gasteiger partial charge in [0, 0.05) is 38.8 Å². The third-order valence-corrected chi connectivity index (χ3v) is 12.2. The second-order valence-corrected chi connectivity index (χ2v) is 15.7. The van der Waals surface area contributed by atoms with Crippen LogP contribution in [0, 0.1) is 0 Å². The number of fused-ring (bicyclic) bond motifs is 7. The van der Waals surface area contributed by atoms with Crippen molar-refractivity contribution < 1.29 is 0 Å². The minimum Gasteiger partial charge on any atom is -0.310 e. The minimum absolute atomic E-state index is 0.0792. The highest BCUT2D eigenvalue weighted by Gasteiger charge is 2.37. The molecule has 0 unspecified atom stereocenters. The third-order valence-electron chi connectivity index (χ3n) is 12.2. The predicted octanol–water partition coefficient (Wildman–Crippen LogP) is 15.0. The molecule has 0 radical (unpaired) electrons. The number of nitrogens with zero attached hydrogens (tertiary/aromatic N) is 2. The molecular weight excluding hydrogens is 689 g/mol. The second-order valence-electron chi connectivity index (χ2n) is 15.7. The second kappa shape index (κ2) is 13.0. The van der Waals surface area contributed by atoms with E-state index in [2.05, 4.69) is 230 Å². The first-order valence-electron chi connectivity index (χ1n) is 19.9. The molecule has 0 N–H and O–H groups in total. The van der Waals surface area contributed by atoms with Gasteiger partial charge in [-0.25, -0.2) is 0 Å². The summed E-state index contributed by atoms with van der Waals surface area (Å²) in [6, 6.07) is 75.6. The van der Waals surface area contributed by atoms with E-state index in [0.717, 1.165) is 17.1 Å². The highest BCUT2D eigenvalue weighted by molar-refractivity contribution is 6.10. The van der Waals surface area contributed by atoms with Crippen molar-refractivity contribution in [1.29, 1.82) is 0 Å². The Bertz CT molecular complexity index is 3150. The zero-order valence-corrected chi connectivity index (χ0v) is 32.0. The lowest BCUT2D eigenvalue weighted by Gasteiger charge is -2.29. The number of aromatic nitrogens is 1. The highest BCUT2D eigenvalue weighted by Crippen LogP contribution is 2.54. The first-order chi connectivity index (χ1) is 28.0. The molecule has 11 rings (SSSR count). The number of hydrogen-bond donors (Lipinski definition) is 0. The molecule has 2 heteroatoms. The Labute approximate surface area is 333 Å². The Morgan fingerprint density at radius 1 is 0.404 bits per heavy atom. The Hall–Kier alpha value is -7.16. The predicted molar refractivity (Wildman–Crippen MR) is 241 cm³/mol. The average molecular weight is 729 g/mol. The summed E-state index contributed by atoms with van der Waals surface area (Å²) in [6.45, 7) is 4.71. The smallest absolute Gasteiger partial charge is 0.0541 e. The standard InChI is InChI=1S/C55H40N2/c1-55(2)49-23-11-8-21-47(49)54-46(22-14-24-50(54)55)44-19-9-12-25-51(44)56(43-33-29-37-15-6-7-16-39(37)35-43)42-31-27-38(28-32-42)40-30-34-53-48(36-40)45-20-10-13-26-52(45)57(53)41-17-4-3-5-18-41/h3-36H,1-2H3. The van der Waals surface area contributed by atoms with E-state index in [1.807, 2.05) is 0 Å². The van der Waals surface area contributed by atoms with Gasteiger partial charge in [-0.15, -0.1) is 0 Å². The Balaban J connectivity index is 1.06. The first-order valence-corrected chi connectivity index (χ1v) is 19.9. The van der Waals surface area contributed by atoms with Crippen molar-refractivity contribution in [2.75, 3.05) is 4.90 Å². The summed E-state index contributed by atoms with van der Waals surface area (Å²) in [6.07, 6.45) is 0. The SMILES string of the molecule is CC1(C)c2ccccc2-c2c(-c3ccccc3N(c3ccc(-c4ccc5c(c4)c4ccccc4n5-c4ccccc4)cc3)c3ccc4ccccc4c3)cccc21. The normalized spacial score (nSPS) is 12.9. The summed E-state index contributed by atoms with van der Waals surface area (Å²) < 4.78 is 2.37. The first kappa shape index (κ1) is 33.2. The molecule has 10 aromatic rings. The van der Waals surface area contributed by atoms with Gasteiger partial charge in [0.1, 0.15) is 0 Å². The van der Waals surface area contributed by atoms with E-state index in [1.54, 1.807) is 0 Å². The van der Waals surface area contributed by atoms with Crippen molar-refractivity contribution >= 4 is 49.6 Å². The van der Waals surface area contributed by atoms with Crippen molar-refractivity contribution in [3.8, 4) is 39.1 Å². The molecule has 9 aromatic carbocycles. The van der Waals surface area contributed by atoms with Crippen molar-refractivity contribution in [1.82, 2.24) is 4.57 Å². The molecule has 1 heterocycles. The molecule has 270 valence electrons. The quantitative estimate of drug-likeness (QED) is 0.165. The lowest BCUT2D eigenvalue weighted by molar-refractivity contribution is 0.660. The van der Waals surface area contributed by atoms with Gasteiger partial charge in [-0.05, 0) is 110 Å². The van der Waals surface area contributed by atoms with Crippen LogP contribution in [0.4, 0.5) is 17.1 Å². The highest BCUT2D eigenvalue weighted by atomic mass is 15.1. The Morgan fingerprint density at radius 3 is 1.89 bits per heavy atom. The fourth-order valence-electron chi connectivity index (χ4n) is 9.43. The molecule has 0 amide bonds. The number of anilines is 3. The van der Waals surface area contributed by atoms with Crippen LogP contribution in [0.1, 0.15) is 25.0 Å². The number of rotatable bonds is 6. The maximum atomic E-state index is 2.44. The minimum atomic E-state index is -0.0792. The lowest BCUT2D eigenvalue weighted by atomic mass is 9.82. The summed E-state index contributed by atoms with van der Waals surface area (Å²) >= 11 is 0. The van der Waals surface area contributed by atoms with Gasteiger partial charge in [-0.2, -0.15) is 0 Å². The molecule has 1 aromatic heterocycles. The molecule has 0 fully saturated rings. The van der Waals surface area contributed by atoms with Crippen molar-refractivity contribution in [2.24, 2.45) is 0 Å². The van der Waals surface area contributed by atoms with Crippen LogP contribution in [0.2, 0.25) is 0 Å². The monoisotopic (exact) mass is 728 g/mol. The van der Waals surface area contributed by atoms with Crippen molar-refractivity contribution in [3.63, 3.8) is 0 Å². The summed E-state index contributed by atoms with van der Waals surface area (Å²) in [5.41, 5.74) is 17.2. The molecule has 1 aliphatic rings. The largest absolute Gasteiger partial charge is 0.310 e. The van der Waals surface area contributed by atoms with E-state index in [-0.39, 0.29) is 5.41 Å². The van der Waals surface area contributed by atoms with Crippen LogP contribution in [0.15, 0.2) is 206 Å². The van der Waals surface area contributed by atoms with Gasteiger partial charge in [-0.3, -0.25) is 0 Å².